The van der Waals surface area contributed by atoms with Crippen molar-refractivity contribution in [3.05, 3.63) is 10.1 Å². The number of nitrogens with one attached hydrogen (secondary N) is 1. The Balaban J connectivity index is 2.23. The van der Waals surface area contributed by atoms with Gasteiger partial charge in [-0.3, -0.25) is 0 Å². The molecule has 2 saturated heterocycles. The van der Waals surface area contributed by atoms with Gasteiger partial charge in [-0.05, 0) is 12.8 Å². The highest BCUT2D eigenvalue weighted by Gasteiger charge is 2.53. The lowest BCUT2D eigenvalue weighted by Gasteiger charge is -2.23. The molecule has 0 aromatic heterocycles. The standard InChI is InChI=1S/C10H18N3O4PS/c1-3-7(2)19-18(16,9-6-17-9)8-4-5-11-10(8)12-13(14)15/h7-9H,3-6H2,1-2H3,(H,11,12). The third kappa shape index (κ3) is 3.30. The number of hydrazone groups is 1. The van der Waals surface area contributed by atoms with Gasteiger partial charge in [0.2, 0.25) is 0 Å². The summed E-state index contributed by atoms with van der Waals surface area (Å²) in [6.07, 6.45) is -1.19. The summed E-state index contributed by atoms with van der Waals surface area (Å²) in [4.78, 5) is 10.5. The summed E-state index contributed by atoms with van der Waals surface area (Å²) < 4.78 is 18.5. The van der Waals surface area contributed by atoms with Gasteiger partial charge in [0.1, 0.15) is 5.85 Å². The van der Waals surface area contributed by atoms with Crippen LogP contribution in [0.5, 0.6) is 0 Å². The molecule has 0 amide bonds. The number of nitrogens with zero attached hydrogens (tertiary/aromatic N) is 2. The largest absolute Gasteiger partial charge is 0.368 e. The van der Waals surface area contributed by atoms with Crippen LogP contribution in [-0.4, -0.2) is 40.8 Å². The lowest BCUT2D eigenvalue weighted by Crippen LogP contribution is -2.26. The van der Waals surface area contributed by atoms with Crippen molar-refractivity contribution in [1.29, 1.82) is 0 Å². The fourth-order valence-electron chi connectivity index (χ4n) is 2.08. The number of amidine groups is 1. The smallest absolute Gasteiger partial charge is 0.192 e. The Labute approximate surface area is 115 Å². The first-order valence-electron chi connectivity index (χ1n) is 6.33. The lowest BCUT2D eigenvalue weighted by atomic mass is 10.4. The molecule has 4 atom stereocenters. The SMILES string of the molecule is CCC(C)SP(=O)(C1CO1)C1CCN/C1=N/[N+](=O)[O-]. The van der Waals surface area contributed by atoms with Gasteiger partial charge in [0.15, 0.2) is 17.2 Å². The predicted molar refractivity (Wildman–Crippen MR) is 75.5 cm³/mol. The van der Waals surface area contributed by atoms with Gasteiger partial charge >= 0.3 is 0 Å². The normalized spacial score (nSPS) is 32.6. The summed E-state index contributed by atoms with van der Waals surface area (Å²) in [7, 11) is 0. The Morgan fingerprint density at radius 2 is 2.42 bits per heavy atom. The number of epoxide rings is 1. The van der Waals surface area contributed by atoms with Crippen molar-refractivity contribution < 1.29 is 14.3 Å². The van der Waals surface area contributed by atoms with Crippen LogP contribution in [0.25, 0.3) is 0 Å². The minimum atomic E-state index is -2.72. The Morgan fingerprint density at radius 3 is 2.95 bits per heavy atom. The molecule has 2 aliphatic rings. The molecule has 0 aromatic rings. The molecule has 0 spiro atoms. The monoisotopic (exact) mass is 307 g/mol. The third-order valence-electron chi connectivity index (χ3n) is 3.30. The molecule has 2 aliphatic heterocycles. The first-order valence-corrected chi connectivity index (χ1v) is 9.66. The van der Waals surface area contributed by atoms with Crippen molar-refractivity contribution in [2.45, 2.75) is 43.4 Å². The predicted octanol–water partition coefficient (Wildman–Crippen LogP) is 2.10. The summed E-state index contributed by atoms with van der Waals surface area (Å²) in [6, 6.07) is 0. The quantitative estimate of drug-likeness (QED) is 0.349. The van der Waals surface area contributed by atoms with Gasteiger partial charge in [0.25, 0.3) is 0 Å². The van der Waals surface area contributed by atoms with Gasteiger partial charge in [0.05, 0.1) is 17.4 Å². The van der Waals surface area contributed by atoms with Gasteiger partial charge in [-0.2, -0.15) is 0 Å². The van der Waals surface area contributed by atoms with Gasteiger partial charge in [-0.1, -0.05) is 25.2 Å². The molecular weight excluding hydrogens is 289 g/mol. The highest BCUT2D eigenvalue weighted by molar-refractivity contribution is 8.58. The minimum Gasteiger partial charge on any atom is -0.368 e. The van der Waals surface area contributed by atoms with E-state index < -0.39 is 11.4 Å². The molecule has 0 aromatic carbocycles. The van der Waals surface area contributed by atoms with Crippen LogP contribution < -0.4 is 5.32 Å². The van der Waals surface area contributed by atoms with E-state index in [-0.39, 0.29) is 22.6 Å². The number of rotatable bonds is 6. The Bertz CT molecular complexity index is 440. The maximum Gasteiger partial charge on any atom is 0.192 e. The molecule has 19 heavy (non-hydrogen) atoms. The van der Waals surface area contributed by atoms with Crippen LogP contribution >= 0.6 is 17.7 Å². The summed E-state index contributed by atoms with van der Waals surface area (Å²) in [5.74, 6) is -0.00649. The second-order valence-electron chi connectivity index (χ2n) is 4.71. The van der Waals surface area contributed by atoms with Crippen molar-refractivity contribution in [3.8, 4) is 0 Å². The van der Waals surface area contributed by atoms with Crippen LogP contribution in [0.1, 0.15) is 26.7 Å². The molecule has 0 bridgehead atoms. The summed E-state index contributed by atoms with van der Waals surface area (Å²) in [5.41, 5.74) is -0.371. The van der Waals surface area contributed by atoms with E-state index >= 15 is 0 Å². The molecule has 2 heterocycles. The van der Waals surface area contributed by atoms with E-state index in [1.165, 1.54) is 11.4 Å². The van der Waals surface area contributed by atoms with Gasteiger partial charge in [-0.25, -0.2) is 10.1 Å². The number of hydrogen-bond acceptors (Lipinski definition) is 5. The fraction of sp³-hybridized carbons (Fsp3) is 0.900. The van der Waals surface area contributed by atoms with Crippen LogP contribution in [0.4, 0.5) is 0 Å². The second kappa shape index (κ2) is 5.81. The zero-order chi connectivity index (χ0) is 14.0. The van der Waals surface area contributed by atoms with Crippen molar-refractivity contribution in [3.63, 3.8) is 0 Å². The van der Waals surface area contributed by atoms with Gasteiger partial charge < -0.3 is 14.6 Å². The van der Waals surface area contributed by atoms with E-state index in [2.05, 4.69) is 10.4 Å². The summed E-state index contributed by atoms with van der Waals surface area (Å²) >= 11 is 1.43. The van der Waals surface area contributed by atoms with E-state index in [9.17, 15) is 14.7 Å². The first kappa shape index (κ1) is 14.8. The Hall–Kier alpha value is -0.590. The van der Waals surface area contributed by atoms with E-state index in [1.807, 2.05) is 13.8 Å². The molecule has 7 nitrogen and oxygen atoms in total. The number of hydrogen-bond donors (Lipinski definition) is 1. The topological polar surface area (TPSA) is 97.1 Å². The van der Waals surface area contributed by atoms with Crippen molar-refractivity contribution in [2.24, 2.45) is 5.10 Å². The lowest BCUT2D eigenvalue weighted by molar-refractivity contribution is -0.485. The molecule has 0 radical (unpaired) electrons. The molecule has 4 unspecified atom stereocenters. The van der Waals surface area contributed by atoms with Gasteiger partial charge in [-0.15, -0.1) is 0 Å². The maximum absolute atomic E-state index is 13.2. The molecule has 108 valence electrons. The van der Waals surface area contributed by atoms with E-state index in [0.29, 0.717) is 19.6 Å². The summed E-state index contributed by atoms with van der Waals surface area (Å²) in [5, 5.41) is 16.3. The first-order chi connectivity index (χ1) is 8.97. The van der Waals surface area contributed by atoms with Crippen molar-refractivity contribution in [2.75, 3.05) is 13.2 Å². The molecule has 9 heteroatoms. The van der Waals surface area contributed by atoms with Crippen LogP contribution in [0.2, 0.25) is 0 Å². The maximum atomic E-state index is 13.2. The average Bonchev–Trinajstić information content (AvgIpc) is 3.10. The van der Waals surface area contributed by atoms with Crippen LogP contribution in [0.15, 0.2) is 5.10 Å². The van der Waals surface area contributed by atoms with E-state index in [4.69, 9.17) is 4.74 Å². The molecule has 0 saturated carbocycles. The number of nitro groups is 1. The fourth-order valence-corrected chi connectivity index (χ4v) is 8.91. The zero-order valence-electron chi connectivity index (χ0n) is 10.9. The molecule has 2 fully saturated rings. The van der Waals surface area contributed by atoms with Crippen molar-refractivity contribution in [1.82, 2.24) is 5.32 Å². The van der Waals surface area contributed by atoms with E-state index in [1.54, 1.807) is 0 Å². The second-order valence-corrected chi connectivity index (χ2v) is 10.6. The Morgan fingerprint density at radius 1 is 1.74 bits per heavy atom. The van der Waals surface area contributed by atoms with Crippen LogP contribution in [0, 0.1) is 10.1 Å². The Kier molecular flexibility index (Phi) is 4.53. The summed E-state index contributed by atoms with van der Waals surface area (Å²) in [6.45, 7) is 5.12. The highest BCUT2D eigenvalue weighted by atomic mass is 32.7. The van der Waals surface area contributed by atoms with Crippen molar-refractivity contribution >= 4 is 23.6 Å². The molecule has 0 aliphatic carbocycles. The minimum absolute atomic E-state index is 0.243. The van der Waals surface area contributed by atoms with E-state index in [0.717, 1.165) is 6.42 Å². The van der Waals surface area contributed by atoms with Crippen LogP contribution in [-0.2, 0) is 9.30 Å². The third-order valence-corrected chi connectivity index (χ3v) is 10.3. The molecular formula is C10H18N3O4PS. The highest BCUT2D eigenvalue weighted by Crippen LogP contribution is 2.72. The van der Waals surface area contributed by atoms with Crippen LogP contribution in [0.3, 0.4) is 0 Å². The molecule has 1 N–H and O–H groups in total. The van der Waals surface area contributed by atoms with Gasteiger partial charge in [0, 0.05) is 11.8 Å². The zero-order valence-corrected chi connectivity index (χ0v) is 12.7. The number of ether oxygens (including phenoxy) is 1. The molecule has 2 rings (SSSR count). The average molecular weight is 307 g/mol.